The Morgan fingerprint density at radius 1 is 1.03 bits per heavy atom. The third kappa shape index (κ3) is 4.90. The van der Waals surface area contributed by atoms with Gasteiger partial charge in [-0.3, -0.25) is 4.79 Å². The van der Waals surface area contributed by atoms with Crippen molar-refractivity contribution in [3.8, 4) is 16.9 Å². The minimum Gasteiger partial charge on any atom is -0.480 e. The van der Waals surface area contributed by atoms with Crippen LogP contribution >= 0.6 is 0 Å². The molecule has 1 atom stereocenters. The van der Waals surface area contributed by atoms with Crippen LogP contribution in [0, 0.1) is 6.92 Å². The molecule has 1 unspecified atom stereocenters. The van der Waals surface area contributed by atoms with E-state index in [4.69, 9.17) is 4.74 Å². The van der Waals surface area contributed by atoms with Crippen LogP contribution < -0.4 is 4.74 Å². The summed E-state index contributed by atoms with van der Waals surface area (Å²) in [6, 6.07) is 20.6. The first-order chi connectivity index (χ1) is 16.9. The summed E-state index contributed by atoms with van der Waals surface area (Å²) < 4.78 is 35.6. The van der Waals surface area contributed by atoms with E-state index in [1.54, 1.807) is 30.0 Å². The number of ether oxygens (including phenoxy) is 2. The number of benzene rings is 3. The van der Waals surface area contributed by atoms with E-state index in [1.807, 2.05) is 62.4 Å². The predicted octanol–water partition coefficient (Wildman–Crippen LogP) is 6.05. The van der Waals surface area contributed by atoms with Crippen LogP contribution in [0.25, 0.3) is 11.1 Å². The van der Waals surface area contributed by atoms with E-state index < -0.39 is 12.2 Å². The van der Waals surface area contributed by atoms with Gasteiger partial charge in [0.15, 0.2) is 6.40 Å². The van der Waals surface area contributed by atoms with E-state index in [0.29, 0.717) is 24.2 Å². The SMILES string of the molecule is CCN(CC)C(=O)c1cccc(-c2cccc(C3(c4ccc(OC(F)F)c(C)c4)COC=N3)c2)c1. The van der Waals surface area contributed by atoms with Gasteiger partial charge in [-0.1, -0.05) is 36.4 Å². The van der Waals surface area contributed by atoms with Crippen LogP contribution in [-0.2, 0) is 10.3 Å². The van der Waals surface area contributed by atoms with Crippen molar-refractivity contribution in [2.24, 2.45) is 4.99 Å². The molecule has 0 N–H and O–H groups in total. The van der Waals surface area contributed by atoms with E-state index in [0.717, 1.165) is 22.3 Å². The van der Waals surface area contributed by atoms with Gasteiger partial charge in [-0.15, -0.1) is 0 Å². The van der Waals surface area contributed by atoms with Crippen LogP contribution in [0.1, 0.15) is 40.9 Å². The maximum absolute atomic E-state index is 12.9. The molecule has 35 heavy (non-hydrogen) atoms. The lowest BCUT2D eigenvalue weighted by atomic mass is 9.82. The van der Waals surface area contributed by atoms with Gasteiger partial charge in [-0.2, -0.15) is 8.78 Å². The predicted molar refractivity (Wildman–Crippen MR) is 132 cm³/mol. The molecule has 0 radical (unpaired) electrons. The number of hydrogen-bond donors (Lipinski definition) is 0. The Kier molecular flexibility index (Phi) is 7.15. The molecule has 4 rings (SSSR count). The van der Waals surface area contributed by atoms with Crippen molar-refractivity contribution in [2.75, 3.05) is 19.7 Å². The number of hydrogen-bond acceptors (Lipinski definition) is 4. The van der Waals surface area contributed by atoms with Crippen molar-refractivity contribution in [2.45, 2.75) is 32.9 Å². The molecular weight excluding hydrogens is 450 g/mol. The van der Waals surface area contributed by atoms with Gasteiger partial charge in [-0.05, 0) is 78.9 Å². The fourth-order valence-electron chi connectivity index (χ4n) is 4.42. The first-order valence-electron chi connectivity index (χ1n) is 11.6. The summed E-state index contributed by atoms with van der Waals surface area (Å²) in [6.07, 6.45) is 1.43. The zero-order valence-electron chi connectivity index (χ0n) is 20.0. The Hall–Kier alpha value is -3.74. The molecule has 7 heteroatoms. The number of aliphatic imine (C=N–C) groups is 1. The molecule has 0 saturated heterocycles. The summed E-state index contributed by atoms with van der Waals surface area (Å²) >= 11 is 0. The minimum absolute atomic E-state index is 0.000140. The first kappa shape index (κ1) is 24.4. The molecule has 1 heterocycles. The van der Waals surface area contributed by atoms with E-state index in [2.05, 4.69) is 9.73 Å². The van der Waals surface area contributed by atoms with Gasteiger partial charge < -0.3 is 14.4 Å². The molecule has 0 aliphatic carbocycles. The number of nitrogens with zero attached hydrogens (tertiary/aromatic N) is 2. The zero-order valence-corrected chi connectivity index (χ0v) is 20.0. The normalized spacial score (nSPS) is 16.9. The van der Waals surface area contributed by atoms with Crippen LogP contribution in [0.5, 0.6) is 5.75 Å². The fourth-order valence-corrected chi connectivity index (χ4v) is 4.42. The molecule has 3 aromatic rings. The summed E-state index contributed by atoms with van der Waals surface area (Å²) in [5, 5.41) is 0. The van der Waals surface area contributed by atoms with Crippen LogP contribution in [0.15, 0.2) is 71.7 Å². The Labute approximate surface area is 204 Å². The summed E-state index contributed by atoms with van der Waals surface area (Å²) in [5.74, 6) is 0.130. The van der Waals surface area contributed by atoms with Crippen LogP contribution in [0.3, 0.4) is 0 Å². The molecule has 0 bridgehead atoms. The molecule has 3 aromatic carbocycles. The summed E-state index contributed by atoms with van der Waals surface area (Å²) in [4.78, 5) is 19.3. The quantitative estimate of drug-likeness (QED) is 0.396. The standard InChI is InChI=1S/C28H28F2N2O3/c1-4-32(5-2)26(33)22-10-6-8-20(15-22)21-9-7-11-23(16-21)28(17-34-18-31-28)24-12-13-25(19(3)14-24)35-27(29)30/h6-16,18,27H,4-5,17H2,1-3H3. The molecule has 0 saturated carbocycles. The molecule has 0 aromatic heterocycles. The first-order valence-corrected chi connectivity index (χ1v) is 11.6. The van der Waals surface area contributed by atoms with Gasteiger partial charge in [0.1, 0.15) is 17.9 Å². The zero-order chi connectivity index (χ0) is 25.0. The molecule has 1 aliphatic rings. The maximum Gasteiger partial charge on any atom is 0.387 e. The highest BCUT2D eigenvalue weighted by Gasteiger charge is 2.38. The number of alkyl halides is 2. The highest BCUT2D eigenvalue weighted by atomic mass is 19.3. The number of amides is 1. The van der Waals surface area contributed by atoms with Gasteiger partial charge >= 0.3 is 6.61 Å². The van der Waals surface area contributed by atoms with Crippen molar-refractivity contribution in [3.05, 3.63) is 89.0 Å². The van der Waals surface area contributed by atoms with Crippen molar-refractivity contribution >= 4 is 12.3 Å². The van der Waals surface area contributed by atoms with Gasteiger partial charge in [-0.25, -0.2) is 4.99 Å². The van der Waals surface area contributed by atoms with Crippen molar-refractivity contribution in [3.63, 3.8) is 0 Å². The minimum atomic E-state index is -2.89. The molecule has 5 nitrogen and oxygen atoms in total. The molecule has 182 valence electrons. The molecule has 0 spiro atoms. The van der Waals surface area contributed by atoms with E-state index >= 15 is 0 Å². The van der Waals surface area contributed by atoms with E-state index in [9.17, 15) is 13.6 Å². The Bertz CT molecular complexity index is 1240. The monoisotopic (exact) mass is 478 g/mol. The highest BCUT2D eigenvalue weighted by molar-refractivity contribution is 5.95. The summed E-state index contributed by atoms with van der Waals surface area (Å²) in [6.45, 7) is 4.35. The molecular formula is C28H28F2N2O3. The number of carbonyl (C=O) groups excluding carboxylic acids is 1. The van der Waals surface area contributed by atoms with Crippen LogP contribution in [0.4, 0.5) is 8.78 Å². The van der Waals surface area contributed by atoms with Gasteiger partial charge in [0.05, 0.1) is 0 Å². The molecule has 1 amide bonds. The number of carbonyl (C=O) groups is 1. The number of halogens is 2. The number of rotatable bonds is 8. The lowest BCUT2D eigenvalue weighted by Crippen LogP contribution is -2.30. The summed E-state index contributed by atoms with van der Waals surface area (Å²) in [7, 11) is 0. The van der Waals surface area contributed by atoms with Crippen molar-refractivity contribution in [1.82, 2.24) is 4.90 Å². The third-order valence-corrected chi connectivity index (χ3v) is 6.34. The molecule has 1 aliphatic heterocycles. The van der Waals surface area contributed by atoms with E-state index in [-0.39, 0.29) is 18.3 Å². The average Bonchev–Trinajstić information content (AvgIpc) is 3.37. The van der Waals surface area contributed by atoms with Gasteiger partial charge in [0.2, 0.25) is 0 Å². The smallest absolute Gasteiger partial charge is 0.387 e. The lowest BCUT2D eigenvalue weighted by Gasteiger charge is -2.27. The molecule has 0 fully saturated rings. The van der Waals surface area contributed by atoms with E-state index in [1.165, 1.54) is 6.40 Å². The van der Waals surface area contributed by atoms with Crippen LogP contribution in [-0.4, -0.2) is 43.5 Å². The second-order valence-electron chi connectivity index (χ2n) is 8.40. The largest absolute Gasteiger partial charge is 0.480 e. The third-order valence-electron chi connectivity index (χ3n) is 6.34. The Morgan fingerprint density at radius 3 is 2.34 bits per heavy atom. The average molecular weight is 479 g/mol. The van der Waals surface area contributed by atoms with Crippen molar-refractivity contribution in [1.29, 1.82) is 0 Å². The number of aryl methyl sites for hydroxylation is 1. The lowest BCUT2D eigenvalue weighted by molar-refractivity contribution is -0.0503. The van der Waals surface area contributed by atoms with Crippen molar-refractivity contribution < 1.29 is 23.0 Å². The topological polar surface area (TPSA) is 51.1 Å². The second kappa shape index (κ2) is 10.3. The Morgan fingerprint density at radius 2 is 1.71 bits per heavy atom. The highest BCUT2D eigenvalue weighted by Crippen LogP contribution is 2.40. The van der Waals surface area contributed by atoms with Gasteiger partial charge in [0, 0.05) is 18.7 Å². The fraction of sp³-hybridized carbons (Fsp3) is 0.286. The Balaban J connectivity index is 1.72. The summed E-state index contributed by atoms with van der Waals surface area (Å²) in [5.41, 5.74) is 3.96. The second-order valence-corrected chi connectivity index (χ2v) is 8.40. The van der Waals surface area contributed by atoms with Crippen LogP contribution in [0.2, 0.25) is 0 Å². The van der Waals surface area contributed by atoms with Gasteiger partial charge in [0.25, 0.3) is 5.91 Å². The maximum atomic E-state index is 12.9.